The van der Waals surface area contributed by atoms with Gasteiger partial charge in [-0.3, -0.25) is 0 Å². The van der Waals surface area contributed by atoms with Crippen LogP contribution in [0, 0.1) is 0 Å². The number of hydrogen-bond acceptors (Lipinski definition) is 6. The highest BCUT2D eigenvalue weighted by atomic mass is 32.3. The van der Waals surface area contributed by atoms with Crippen LogP contribution < -0.4 is 8.45 Å². The van der Waals surface area contributed by atoms with Crippen molar-refractivity contribution in [3.8, 4) is 17.0 Å². The number of rotatable bonds is 11. The fraction of sp³-hybridized carbons (Fsp3) is 0.125. The summed E-state index contributed by atoms with van der Waals surface area (Å²) in [5.41, 5.74) is 4.84. The Morgan fingerprint density at radius 2 is 1.32 bits per heavy atom. The molecule has 5 rings (SSSR count). The van der Waals surface area contributed by atoms with Crippen LogP contribution in [0.5, 0.6) is 5.75 Å². The molecule has 0 atom stereocenters. The molecular formula is C32H29N3O3S2. The Morgan fingerprint density at radius 3 is 1.93 bits per heavy atom. The van der Waals surface area contributed by atoms with Crippen molar-refractivity contribution in [2.45, 2.75) is 17.9 Å². The monoisotopic (exact) mass is 567 g/mol. The predicted molar refractivity (Wildman–Crippen MR) is 163 cm³/mol. The summed E-state index contributed by atoms with van der Waals surface area (Å²) in [6.07, 6.45) is 2.07. The molecule has 0 bridgehead atoms. The van der Waals surface area contributed by atoms with Gasteiger partial charge in [0.15, 0.2) is 5.82 Å². The first-order chi connectivity index (χ1) is 19.5. The summed E-state index contributed by atoms with van der Waals surface area (Å²) in [6, 6.07) is 36.5. The van der Waals surface area contributed by atoms with Crippen LogP contribution in [0.25, 0.3) is 11.3 Å². The Balaban J connectivity index is 1.58. The van der Waals surface area contributed by atoms with E-state index in [1.165, 1.54) is 15.7 Å². The summed E-state index contributed by atoms with van der Waals surface area (Å²) in [4.78, 5) is 9.71. The lowest BCUT2D eigenvalue weighted by Crippen LogP contribution is -2.28. The molecule has 0 aliphatic carbocycles. The van der Waals surface area contributed by atoms with Crippen molar-refractivity contribution in [1.29, 1.82) is 0 Å². The zero-order chi connectivity index (χ0) is 27.8. The van der Waals surface area contributed by atoms with Crippen molar-refractivity contribution >= 4 is 27.8 Å². The fourth-order valence-corrected chi connectivity index (χ4v) is 7.05. The zero-order valence-corrected chi connectivity index (χ0v) is 23.7. The molecule has 0 saturated carbocycles. The molecule has 0 unspecified atom stereocenters. The highest BCUT2D eigenvalue weighted by Gasteiger charge is 2.29. The number of benzene rings is 4. The molecule has 8 heteroatoms. The minimum Gasteiger partial charge on any atom is -0.497 e. The van der Waals surface area contributed by atoms with E-state index in [0.717, 1.165) is 22.4 Å². The quantitative estimate of drug-likeness (QED) is 0.161. The second-order valence-electron chi connectivity index (χ2n) is 9.14. The number of sulfonamides is 1. The lowest BCUT2D eigenvalue weighted by molar-refractivity contribution is 0.415. The van der Waals surface area contributed by atoms with Crippen LogP contribution in [0.15, 0.2) is 121 Å². The first kappa shape index (κ1) is 27.4. The second kappa shape index (κ2) is 12.8. The molecular weight excluding hydrogens is 539 g/mol. The van der Waals surface area contributed by atoms with Crippen molar-refractivity contribution in [3.63, 3.8) is 0 Å². The Labute approximate surface area is 239 Å². The lowest BCUT2D eigenvalue weighted by atomic mass is 10.1. The number of aromatic nitrogens is 2. The van der Waals surface area contributed by atoms with E-state index in [0.29, 0.717) is 34.9 Å². The average Bonchev–Trinajstić information content (AvgIpc) is 2.99. The largest absolute Gasteiger partial charge is 0.497 e. The summed E-state index contributed by atoms with van der Waals surface area (Å²) < 4.78 is 34.6. The topological polar surface area (TPSA) is 72.4 Å². The standard InChI is InChI=1S/C32H29N3O3S2/c1-38-29-19-17-28(18-20-29)31-22-33-32(30(34-31)21-25-11-5-2-6-12-25)35(39-23-26-13-7-3-8-14-26)40(36,37)24-27-15-9-4-10-16-27/h2-20,22H,21,23-24H2,1H3. The van der Waals surface area contributed by atoms with Gasteiger partial charge in [-0.05, 0) is 52.9 Å². The molecule has 1 aromatic heterocycles. The molecule has 0 aliphatic rings. The summed E-state index contributed by atoms with van der Waals surface area (Å²) in [5.74, 6) is 1.37. The SMILES string of the molecule is COc1ccc(-c2cnc(N(SCc3ccccc3)S(=O)(=O)Cc3ccccc3)c(Cc3ccccc3)n2)cc1. The number of anilines is 1. The van der Waals surface area contributed by atoms with Gasteiger partial charge in [0, 0.05) is 17.7 Å². The first-order valence-electron chi connectivity index (χ1n) is 12.8. The third-order valence-corrected chi connectivity index (χ3v) is 9.48. The van der Waals surface area contributed by atoms with Crippen molar-refractivity contribution in [2.75, 3.05) is 10.8 Å². The summed E-state index contributed by atoms with van der Waals surface area (Å²) in [6.45, 7) is 0. The van der Waals surface area contributed by atoms with Gasteiger partial charge in [-0.15, -0.1) is 0 Å². The molecule has 5 aromatic rings. The average molecular weight is 568 g/mol. The molecule has 0 amide bonds. The van der Waals surface area contributed by atoms with Crippen molar-refractivity contribution < 1.29 is 13.2 Å². The van der Waals surface area contributed by atoms with E-state index < -0.39 is 10.0 Å². The minimum absolute atomic E-state index is 0.150. The van der Waals surface area contributed by atoms with Gasteiger partial charge in [0.05, 0.1) is 30.4 Å². The van der Waals surface area contributed by atoms with Gasteiger partial charge < -0.3 is 4.74 Å². The first-order valence-corrected chi connectivity index (χ1v) is 15.3. The summed E-state index contributed by atoms with van der Waals surface area (Å²) in [7, 11) is -2.20. The highest BCUT2D eigenvalue weighted by molar-refractivity contribution is 8.13. The van der Waals surface area contributed by atoms with Crippen LogP contribution in [0.3, 0.4) is 0 Å². The van der Waals surface area contributed by atoms with E-state index in [1.807, 2.05) is 115 Å². The van der Waals surface area contributed by atoms with Crippen LogP contribution in [0.4, 0.5) is 5.82 Å². The third kappa shape index (κ3) is 6.89. The highest BCUT2D eigenvalue weighted by Crippen LogP contribution is 2.33. The molecule has 1 heterocycles. The van der Waals surface area contributed by atoms with E-state index in [1.54, 1.807) is 13.3 Å². The van der Waals surface area contributed by atoms with Crippen molar-refractivity contribution in [1.82, 2.24) is 9.97 Å². The molecule has 40 heavy (non-hydrogen) atoms. The Hall–Kier alpha value is -4.14. The van der Waals surface area contributed by atoms with Gasteiger partial charge in [-0.2, -0.15) is 3.71 Å². The normalized spacial score (nSPS) is 11.2. The van der Waals surface area contributed by atoms with E-state index in [-0.39, 0.29) is 5.75 Å². The molecule has 0 radical (unpaired) electrons. The van der Waals surface area contributed by atoms with Gasteiger partial charge in [0.2, 0.25) is 10.0 Å². The smallest absolute Gasteiger partial charge is 0.250 e. The van der Waals surface area contributed by atoms with Crippen molar-refractivity contribution in [3.05, 3.63) is 144 Å². The Bertz CT molecular complexity index is 1630. The third-order valence-electron chi connectivity index (χ3n) is 6.23. The molecule has 0 saturated heterocycles. The van der Waals surface area contributed by atoms with Crippen LogP contribution in [0.2, 0.25) is 0 Å². The molecule has 202 valence electrons. The lowest BCUT2D eigenvalue weighted by Gasteiger charge is -2.24. The van der Waals surface area contributed by atoms with Crippen LogP contribution in [-0.2, 0) is 27.9 Å². The molecule has 0 N–H and O–H groups in total. The van der Waals surface area contributed by atoms with Gasteiger partial charge in [-0.25, -0.2) is 18.4 Å². The van der Waals surface area contributed by atoms with Crippen LogP contribution in [0.1, 0.15) is 22.4 Å². The molecule has 6 nitrogen and oxygen atoms in total. The molecule has 0 spiro atoms. The van der Waals surface area contributed by atoms with E-state index in [4.69, 9.17) is 14.7 Å². The number of methoxy groups -OCH3 is 1. The van der Waals surface area contributed by atoms with Crippen molar-refractivity contribution in [2.24, 2.45) is 0 Å². The van der Waals surface area contributed by atoms with Gasteiger partial charge >= 0.3 is 0 Å². The van der Waals surface area contributed by atoms with Gasteiger partial charge in [0.1, 0.15) is 5.75 Å². The van der Waals surface area contributed by atoms with E-state index in [9.17, 15) is 8.42 Å². The number of ether oxygens (including phenoxy) is 1. The van der Waals surface area contributed by atoms with Crippen LogP contribution in [-0.4, -0.2) is 25.5 Å². The Morgan fingerprint density at radius 1 is 0.750 bits per heavy atom. The summed E-state index contributed by atoms with van der Waals surface area (Å²) in [5, 5.41) is 0. The fourth-order valence-electron chi connectivity index (χ4n) is 4.21. The van der Waals surface area contributed by atoms with E-state index in [2.05, 4.69) is 0 Å². The number of nitrogens with zero attached hydrogens (tertiary/aromatic N) is 3. The number of hydrogen-bond donors (Lipinski definition) is 0. The maximum Gasteiger partial charge on any atom is 0.250 e. The molecule has 0 aliphatic heterocycles. The van der Waals surface area contributed by atoms with Crippen LogP contribution >= 0.6 is 11.9 Å². The zero-order valence-electron chi connectivity index (χ0n) is 22.1. The summed E-state index contributed by atoms with van der Waals surface area (Å²) >= 11 is 1.21. The van der Waals surface area contributed by atoms with Gasteiger partial charge in [0.25, 0.3) is 0 Å². The molecule has 4 aromatic carbocycles. The van der Waals surface area contributed by atoms with E-state index >= 15 is 0 Å². The minimum atomic E-state index is -3.82. The Kier molecular flexibility index (Phi) is 8.78. The molecule has 0 fully saturated rings. The maximum absolute atomic E-state index is 14.0. The predicted octanol–water partition coefficient (Wildman–Crippen LogP) is 6.93. The maximum atomic E-state index is 14.0. The second-order valence-corrected chi connectivity index (χ2v) is 12.1. The van der Waals surface area contributed by atoms with Gasteiger partial charge in [-0.1, -0.05) is 91.0 Å².